The number of piperidine rings is 1. The molecule has 0 bridgehead atoms. The zero-order valence-corrected chi connectivity index (χ0v) is 28.3. The van der Waals surface area contributed by atoms with Crippen molar-refractivity contribution in [3.63, 3.8) is 0 Å². The van der Waals surface area contributed by atoms with E-state index in [-0.39, 0.29) is 98.4 Å². The molecule has 4 fully saturated rings. The van der Waals surface area contributed by atoms with Gasteiger partial charge in [0.1, 0.15) is 16.4 Å². The molecule has 6 rings (SSSR count). The van der Waals surface area contributed by atoms with E-state index in [2.05, 4.69) is 4.98 Å². The number of amides is 2. The Labute approximate surface area is 284 Å². The number of hydrogen-bond acceptors (Lipinski definition) is 9. The van der Waals surface area contributed by atoms with Crippen LogP contribution in [0.3, 0.4) is 0 Å². The number of aromatic nitrogens is 1. The highest BCUT2D eigenvalue weighted by Crippen LogP contribution is 2.55. The number of halogens is 3. The fourth-order valence-corrected chi connectivity index (χ4v) is 9.28. The molecule has 1 aromatic carbocycles. The summed E-state index contributed by atoms with van der Waals surface area (Å²) in [7, 11) is -3.87. The van der Waals surface area contributed by atoms with Crippen molar-refractivity contribution < 1.29 is 26.8 Å². The highest BCUT2D eigenvalue weighted by molar-refractivity contribution is 7.89. The van der Waals surface area contributed by atoms with E-state index in [1.165, 1.54) is 27.4 Å². The fourth-order valence-electron chi connectivity index (χ4n) is 7.66. The number of benzene rings is 1. The first-order valence-corrected chi connectivity index (χ1v) is 18.3. The Balaban J connectivity index is 1.19. The van der Waals surface area contributed by atoms with Gasteiger partial charge in [0.2, 0.25) is 21.8 Å². The van der Waals surface area contributed by atoms with Gasteiger partial charge in [0.15, 0.2) is 0 Å². The zero-order valence-electron chi connectivity index (χ0n) is 26.7. The minimum absolute atomic E-state index is 0.0223. The van der Waals surface area contributed by atoms with E-state index in [1.807, 2.05) is 0 Å². The topological polar surface area (TPSA) is 172 Å². The molecule has 1 aromatic heterocycles. The van der Waals surface area contributed by atoms with Crippen molar-refractivity contribution >= 4 is 44.9 Å². The van der Waals surface area contributed by atoms with E-state index in [9.17, 15) is 18.0 Å². The number of hydrogen-bond donors (Lipinski definition) is 3. The first-order chi connectivity index (χ1) is 22.7. The number of likely N-dealkylation sites (tertiary alicyclic amines) is 1. The highest BCUT2D eigenvalue weighted by atomic mass is 35.5. The summed E-state index contributed by atoms with van der Waals surface area (Å²) in [5.74, 6) is -4.12. The second-order valence-electron chi connectivity index (χ2n) is 13.6. The normalized spacial score (nSPS) is 25.8. The number of nitrogens with two attached hydrogens (primary N) is 3. The van der Waals surface area contributed by atoms with Crippen LogP contribution in [-0.2, 0) is 25.5 Å². The van der Waals surface area contributed by atoms with Gasteiger partial charge in [-0.1, -0.05) is 30.9 Å². The lowest BCUT2D eigenvalue weighted by Crippen LogP contribution is -2.60. The number of anilines is 2. The lowest BCUT2D eigenvalue weighted by molar-refractivity contribution is -0.185. The average Bonchev–Trinajstić information content (AvgIpc) is 3.41. The lowest BCUT2D eigenvalue weighted by atomic mass is 9.66. The zero-order chi connectivity index (χ0) is 34.4. The molecule has 0 unspecified atom stereocenters. The van der Waals surface area contributed by atoms with Gasteiger partial charge in [0, 0.05) is 81.6 Å². The van der Waals surface area contributed by atoms with E-state index in [0.717, 1.165) is 12.5 Å². The maximum Gasteiger partial charge on any atom is 0.287 e. The summed E-state index contributed by atoms with van der Waals surface area (Å²) in [4.78, 5) is 35.3. The van der Waals surface area contributed by atoms with Crippen molar-refractivity contribution in [2.75, 3.05) is 55.6 Å². The summed E-state index contributed by atoms with van der Waals surface area (Å²) in [6, 6.07) is 7.50. The van der Waals surface area contributed by atoms with E-state index < -0.39 is 32.8 Å². The smallest absolute Gasteiger partial charge is 0.287 e. The van der Waals surface area contributed by atoms with Crippen LogP contribution in [0.5, 0.6) is 0 Å². The molecule has 4 heterocycles. The highest BCUT2D eigenvalue weighted by Gasteiger charge is 2.61. The summed E-state index contributed by atoms with van der Waals surface area (Å²) in [6.45, 7) is 1.26. The number of sulfonamides is 1. The van der Waals surface area contributed by atoms with Crippen molar-refractivity contribution in [3.8, 4) is 0 Å². The van der Waals surface area contributed by atoms with Gasteiger partial charge in [0.25, 0.3) is 5.92 Å². The van der Waals surface area contributed by atoms with Gasteiger partial charge in [0.05, 0.1) is 4.90 Å². The molecule has 1 aliphatic carbocycles. The predicted octanol–water partition coefficient (Wildman–Crippen LogP) is 2.24. The summed E-state index contributed by atoms with van der Waals surface area (Å²) in [6.07, 6.45) is 2.55. The number of alkyl halides is 2. The molecule has 2 amide bonds. The van der Waals surface area contributed by atoms with Gasteiger partial charge in [-0.25, -0.2) is 22.2 Å². The van der Waals surface area contributed by atoms with Crippen LogP contribution in [0.2, 0.25) is 5.15 Å². The maximum atomic E-state index is 16.9. The Morgan fingerprint density at radius 3 is 2.12 bits per heavy atom. The van der Waals surface area contributed by atoms with Crippen LogP contribution in [0.25, 0.3) is 0 Å². The van der Waals surface area contributed by atoms with Crippen LogP contribution in [-0.4, -0.2) is 98.4 Å². The number of pyridine rings is 1. The van der Waals surface area contributed by atoms with Crippen molar-refractivity contribution in [2.24, 2.45) is 22.6 Å². The average molecular weight is 709 g/mol. The van der Waals surface area contributed by atoms with Gasteiger partial charge >= 0.3 is 0 Å². The molecule has 6 N–H and O–H groups in total. The van der Waals surface area contributed by atoms with E-state index >= 15 is 8.78 Å². The van der Waals surface area contributed by atoms with Crippen molar-refractivity contribution in [3.05, 3.63) is 47.1 Å². The standard InChI is InChI=1S/C32H43ClF2N8O4S/c33-27-14-21(32(34,35)31(8-2-1-3-9-31)30(45)41-18-22(36)16-23(37)19-41)15-28(39-27)40-10-12-42(13-11-40)48(46,47)26-6-4-25(5-7-26)43-20-24(38)17-29(43)44/h4-7,14-15,22-24H,1-3,8-13,16-20,36-38H2/t22-,23-,24+/m0/s1. The third-order valence-corrected chi connectivity index (χ3v) is 12.3. The quantitative estimate of drug-likeness (QED) is 0.365. The number of carbonyl (C=O) groups is 2. The van der Waals surface area contributed by atoms with E-state index in [1.54, 1.807) is 21.9 Å². The van der Waals surface area contributed by atoms with E-state index in [4.69, 9.17) is 28.8 Å². The molecule has 262 valence electrons. The largest absolute Gasteiger partial charge is 0.354 e. The fraction of sp³-hybridized carbons (Fsp3) is 0.594. The van der Waals surface area contributed by atoms with Gasteiger partial charge in [-0.2, -0.15) is 4.31 Å². The Morgan fingerprint density at radius 1 is 0.917 bits per heavy atom. The summed E-state index contributed by atoms with van der Waals surface area (Å²) >= 11 is 6.35. The second kappa shape index (κ2) is 13.4. The summed E-state index contributed by atoms with van der Waals surface area (Å²) < 4.78 is 62.0. The van der Waals surface area contributed by atoms with Crippen molar-refractivity contribution in [1.82, 2.24) is 14.2 Å². The van der Waals surface area contributed by atoms with E-state index in [0.29, 0.717) is 31.5 Å². The van der Waals surface area contributed by atoms with Gasteiger partial charge in [-0.15, -0.1) is 0 Å². The van der Waals surface area contributed by atoms with Crippen LogP contribution in [0.1, 0.15) is 50.5 Å². The molecule has 3 aliphatic heterocycles. The predicted molar refractivity (Wildman–Crippen MR) is 178 cm³/mol. The molecular formula is C32H43ClF2N8O4S. The van der Waals surface area contributed by atoms with Crippen LogP contribution in [0, 0.1) is 5.41 Å². The SMILES string of the molecule is N[C@@H]1CC(=O)N(c2ccc(S(=O)(=O)N3CCN(c4cc(C(F)(F)C5(C(=O)N6C[C@@H](N)C[C@H](N)C6)CCCCC5)cc(Cl)n4)CC3)cc2)C1. The van der Waals surface area contributed by atoms with Gasteiger partial charge in [-0.05, 0) is 55.7 Å². The van der Waals surface area contributed by atoms with Crippen LogP contribution in [0.15, 0.2) is 41.3 Å². The number of rotatable bonds is 7. The van der Waals surface area contributed by atoms with Crippen LogP contribution >= 0.6 is 11.6 Å². The summed E-state index contributed by atoms with van der Waals surface area (Å²) in [5, 5.41) is -0.143. The molecule has 0 spiro atoms. The molecule has 48 heavy (non-hydrogen) atoms. The maximum absolute atomic E-state index is 16.9. The minimum atomic E-state index is -3.87. The summed E-state index contributed by atoms with van der Waals surface area (Å²) in [5.41, 5.74) is 16.4. The molecule has 12 nitrogen and oxygen atoms in total. The van der Waals surface area contributed by atoms with Crippen molar-refractivity contribution in [2.45, 2.75) is 73.9 Å². The first-order valence-electron chi connectivity index (χ1n) is 16.5. The first kappa shape index (κ1) is 34.9. The Kier molecular flexibility index (Phi) is 9.74. The van der Waals surface area contributed by atoms with Crippen LogP contribution in [0.4, 0.5) is 20.3 Å². The molecule has 16 heteroatoms. The number of piperazine rings is 1. The number of nitrogens with zero attached hydrogens (tertiary/aromatic N) is 5. The molecule has 3 saturated heterocycles. The number of carbonyl (C=O) groups excluding carboxylic acids is 2. The molecule has 4 aliphatic rings. The Bertz CT molecular complexity index is 1620. The molecule has 1 saturated carbocycles. The lowest BCUT2D eigenvalue weighted by Gasteiger charge is -2.47. The Morgan fingerprint density at radius 2 is 1.54 bits per heavy atom. The Hall–Kier alpha value is -2.95. The second-order valence-corrected chi connectivity index (χ2v) is 15.9. The van der Waals surface area contributed by atoms with Crippen molar-refractivity contribution in [1.29, 1.82) is 0 Å². The molecule has 3 atom stereocenters. The molecule has 0 radical (unpaired) electrons. The van der Waals surface area contributed by atoms with Gasteiger partial charge in [-0.3, -0.25) is 9.59 Å². The molecular weight excluding hydrogens is 666 g/mol. The molecule has 2 aromatic rings. The third kappa shape index (κ3) is 6.52. The van der Waals surface area contributed by atoms with Crippen LogP contribution < -0.4 is 27.0 Å². The monoisotopic (exact) mass is 708 g/mol. The van der Waals surface area contributed by atoms with Gasteiger partial charge < -0.3 is 31.9 Å². The minimum Gasteiger partial charge on any atom is -0.354 e. The third-order valence-electron chi connectivity index (χ3n) is 10.2.